The molecule has 5 heteroatoms. The SMILES string of the molecule is CCN(CC)c1cccc(-c2cnc3[nH]cc(C(=O)C(C)(C)C)c3n2)c1. The van der Waals surface area contributed by atoms with Gasteiger partial charge in [0.05, 0.1) is 17.5 Å². The molecule has 0 fully saturated rings. The molecule has 3 aromatic rings. The zero-order chi connectivity index (χ0) is 18.9. The lowest BCUT2D eigenvalue weighted by molar-refractivity contribution is 0.0860. The number of H-pyrrole nitrogens is 1. The first kappa shape index (κ1) is 18.1. The zero-order valence-corrected chi connectivity index (χ0v) is 16.1. The Morgan fingerprint density at radius 1 is 1.19 bits per heavy atom. The number of anilines is 1. The molecule has 0 radical (unpaired) electrons. The molecule has 0 saturated carbocycles. The van der Waals surface area contributed by atoms with Gasteiger partial charge < -0.3 is 9.88 Å². The van der Waals surface area contributed by atoms with Crippen molar-refractivity contribution in [2.75, 3.05) is 18.0 Å². The van der Waals surface area contributed by atoms with Crippen LogP contribution in [0.4, 0.5) is 5.69 Å². The van der Waals surface area contributed by atoms with Crippen LogP contribution in [0.2, 0.25) is 0 Å². The Labute approximate surface area is 154 Å². The average molecular weight is 350 g/mol. The standard InChI is InChI=1S/C21H26N4O/c1-6-25(7-2)15-10-8-9-14(11-15)17-13-23-20-18(24-17)16(12-22-20)19(26)21(3,4)5/h8-13H,6-7H2,1-5H3,(H,22,23). The highest BCUT2D eigenvalue weighted by Gasteiger charge is 2.26. The molecule has 1 N–H and O–H groups in total. The second-order valence-electron chi connectivity index (χ2n) is 7.46. The van der Waals surface area contributed by atoms with Gasteiger partial charge in [0.25, 0.3) is 0 Å². The summed E-state index contributed by atoms with van der Waals surface area (Å²) in [4.78, 5) is 27.3. The second-order valence-corrected chi connectivity index (χ2v) is 7.46. The van der Waals surface area contributed by atoms with E-state index in [1.165, 1.54) is 0 Å². The van der Waals surface area contributed by atoms with E-state index in [9.17, 15) is 4.79 Å². The van der Waals surface area contributed by atoms with Crippen molar-refractivity contribution in [3.05, 3.63) is 42.2 Å². The summed E-state index contributed by atoms with van der Waals surface area (Å²) in [5, 5.41) is 0. The number of hydrogen-bond donors (Lipinski definition) is 1. The van der Waals surface area contributed by atoms with Gasteiger partial charge in [0.15, 0.2) is 11.4 Å². The van der Waals surface area contributed by atoms with Crippen molar-refractivity contribution in [3.63, 3.8) is 0 Å². The number of benzene rings is 1. The van der Waals surface area contributed by atoms with Crippen molar-refractivity contribution in [3.8, 4) is 11.3 Å². The van der Waals surface area contributed by atoms with E-state index in [0.29, 0.717) is 16.7 Å². The molecule has 136 valence electrons. The molecule has 0 spiro atoms. The number of nitrogens with zero attached hydrogens (tertiary/aromatic N) is 3. The third-order valence-corrected chi connectivity index (χ3v) is 4.58. The molecule has 0 aliphatic carbocycles. The van der Waals surface area contributed by atoms with E-state index in [1.54, 1.807) is 12.4 Å². The third-order valence-electron chi connectivity index (χ3n) is 4.58. The molecule has 26 heavy (non-hydrogen) atoms. The molecule has 0 saturated heterocycles. The van der Waals surface area contributed by atoms with E-state index in [0.717, 1.165) is 30.0 Å². The summed E-state index contributed by atoms with van der Waals surface area (Å²) in [5.74, 6) is 0.0621. The lowest BCUT2D eigenvalue weighted by atomic mass is 9.87. The average Bonchev–Trinajstić information content (AvgIpc) is 3.04. The minimum absolute atomic E-state index is 0.0621. The van der Waals surface area contributed by atoms with Crippen LogP contribution in [-0.2, 0) is 0 Å². The monoisotopic (exact) mass is 350 g/mol. The maximum absolute atomic E-state index is 12.7. The molecule has 0 aliphatic heterocycles. The number of ketones is 1. The summed E-state index contributed by atoms with van der Waals surface area (Å²) in [5.41, 5.74) is 4.34. The first-order valence-corrected chi connectivity index (χ1v) is 9.09. The van der Waals surface area contributed by atoms with Gasteiger partial charge >= 0.3 is 0 Å². The van der Waals surface area contributed by atoms with Crippen molar-refractivity contribution in [1.82, 2.24) is 15.0 Å². The quantitative estimate of drug-likeness (QED) is 0.678. The van der Waals surface area contributed by atoms with Gasteiger partial charge in [-0.1, -0.05) is 32.9 Å². The predicted octanol–water partition coefficient (Wildman–Crippen LogP) is 4.70. The number of carbonyl (C=O) groups excluding carboxylic acids is 1. The number of hydrogen-bond acceptors (Lipinski definition) is 4. The lowest BCUT2D eigenvalue weighted by Gasteiger charge is -2.21. The van der Waals surface area contributed by atoms with E-state index in [-0.39, 0.29) is 5.78 Å². The fraction of sp³-hybridized carbons (Fsp3) is 0.381. The maximum atomic E-state index is 12.7. The third kappa shape index (κ3) is 3.34. The lowest BCUT2D eigenvalue weighted by Crippen LogP contribution is -2.21. The smallest absolute Gasteiger partial charge is 0.171 e. The topological polar surface area (TPSA) is 61.9 Å². The van der Waals surface area contributed by atoms with Crippen molar-refractivity contribution >= 4 is 22.6 Å². The van der Waals surface area contributed by atoms with Crippen molar-refractivity contribution in [1.29, 1.82) is 0 Å². The van der Waals surface area contributed by atoms with Crippen LogP contribution in [0.5, 0.6) is 0 Å². The molecule has 0 atom stereocenters. The number of carbonyl (C=O) groups is 1. The fourth-order valence-corrected chi connectivity index (χ4v) is 3.06. The Hall–Kier alpha value is -2.69. The van der Waals surface area contributed by atoms with Crippen LogP contribution in [0.15, 0.2) is 36.7 Å². The van der Waals surface area contributed by atoms with Crippen LogP contribution in [0.3, 0.4) is 0 Å². The fourth-order valence-electron chi connectivity index (χ4n) is 3.06. The molecule has 2 aromatic heterocycles. The summed E-state index contributed by atoms with van der Waals surface area (Å²) in [6.07, 6.45) is 3.47. The molecule has 0 amide bonds. The van der Waals surface area contributed by atoms with Gasteiger partial charge in [0.2, 0.25) is 0 Å². The molecular weight excluding hydrogens is 324 g/mol. The summed E-state index contributed by atoms with van der Waals surface area (Å²) >= 11 is 0. The van der Waals surface area contributed by atoms with Crippen molar-refractivity contribution < 1.29 is 4.79 Å². The summed E-state index contributed by atoms with van der Waals surface area (Å²) in [6, 6.07) is 8.29. The highest BCUT2D eigenvalue weighted by atomic mass is 16.1. The Morgan fingerprint density at radius 3 is 2.58 bits per heavy atom. The van der Waals surface area contributed by atoms with Crippen LogP contribution in [0.25, 0.3) is 22.4 Å². The van der Waals surface area contributed by atoms with Crippen molar-refractivity contribution in [2.45, 2.75) is 34.6 Å². The van der Waals surface area contributed by atoms with Gasteiger partial charge in [-0.25, -0.2) is 9.97 Å². The summed E-state index contributed by atoms with van der Waals surface area (Å²) < 4.78 is 0. The molecule has 3 rings (SSSR count). The van der Waals surface area contributed by atoms with E-state index in [4.69, 9.17) is 4.98 Å². The highest BCUT2D eigenvalue weighted by molar-refractivity contribution is 6.08. The van der Waals surface area contributed by atoms with Crippen LogP contribution in [-0.4, -0.2) is 33.8 Å². The minimum Gasteiger partial charge on any atom is -0.372 e. The number of aromatic amines is 1. The summed E-state index contributed by atoms with van der Waals surface area (Å²) in [7, 11) is 0. The van der Waals surface area contributed by atoms with Gasteiger partial charge in [0.1, 0.15) is 5.52 Å². The number of rotatable bonds is 5. The van der Waals surface area contributed by atoms with Crippen LogP contribution < -0.4 is 4.90 Å². The van der Waals surface area contributed by atoms with Gasteiger partial charge in [0, 0.05) is 36.0 Å². The Balaban J connectivity index is 2.07. The van der Waals surface area contributed by atoms with Gasteiger partial charge in [-0.2, -0.15) is 0 Å². The molecule has 2 heterocycles. The number of aromatic nitrogens is 3. The number of Topliss-reactive ketones (excluding diaryl/α,β-unsaturated/α-hetero) is 1. The first-order valence-electron chi connectivity index (χ1n) is 9.09. The van der Waals surface area contributed by atoms with E-state index in [2.05, 4.69) is 40.8 Å². The molecule has 0 bridgehead atoms. The maximum Gasteiger partial charge on any atom is 0.171 e. The zero-order valence-electron chi connectivity index (χ0n) is 16.1. The van der Waals surface area contributed by atoms with Crippen LogP contribution in [0.1, 0.15) is 45.0 Å². The highest BCUT2D eigenvalue weighted by Crippen LogP contribution is 2.28. The summed E-state index contributed by atoms with van der Waals surface area (Å²) in [6.45, 7) is 11.9. The van der Waals surface area contributed by atoms with Gasteiger partial charge in [-0.05, 0) is 26.0 Å². The van der Waals surface area contributed by atoms with E-state index in [1.807, 2.05) is 32.9 Å². The number of fused-ring (bicyclic) bond motifs is 1. The molecular formula is C21H26N4O. The molecule has 0 unspecified atom stereocenters. The largest absolute Gasteiger partial charge is 0.372 e. The van der Waals surface area contributed by atoms with Gasteiger partial charge in [-0.3, -0.25) is 4.79 Å². The minimum atomic E-state index is -0.463. The normalized spacial score (nSPS) is 11.7. The molecule has 1 aromatic carbocycles. The van der Waals surface area contributed by atoms with E-state index < -0.39 is 5.41 Å². The Bertz CT molecular complexity index is 933. The predicted molar refractivity (Wildman–Crippen MR) is 107 cm³/mol. The van der Waals surface area contributed by atoms with E-state index >= 15 is 0 Å². The van der Waals surface area contributed by atoms with Crippen LogP contribution >= 0.6 is 0 Å². The Morgan fingerprint density at radius 2 is 1.92 bits per heavy atom. The molecule has 5 nitrogen and oxygen atoms in total. The second kappa shape index (κ2) is 6.90. The van der Waals surface area contributed by atoms with Crippen molar-refractivity contribution in [2.24, 2.45) is 5.41 Å². The Kier molecular flexibility index (Phi) is 4.81. The van der Waals surface area contributed by atoms with Gasteiger partial charge in [-0.15, -0.1) is 0 Å². The first-order chi connectivity index (χ1) is 12.3. The van der Waals surface area contributed by atoms with Crippen LogP contribution in [0, 0.1) is 5.41 Å². The number of nitrogens with one attached hydrogen (secondary N) is 1. The molecule has 0 aliphatic rings.